The number of nitrogens with two attached hydrogens (primary N) is 1. The largest absolute Gasteiger partial charge is 0.506 e. The maximum Gasteiger partial charge on any atom is 0.260 e. The molecule has 0 aliphatic carbocycles. The lowest BCUT2D eigenvalue weighted by molar-refractivity contribution is -0.133. The number of nitrogens with one attached hydrogen (secondary N) is 1. The number of likely N-dealkylation sites (tertiary alicyclic amines) is 1. The lowest BCUT2D eigenvalue weighted by Crippen LogP contribution is -2.41. The highest BCUT2D eigenvalue weighted by Crippen LogP contribution is 2.28. The van der Waals surface area contributed by atoms with Crippen LogP contribution in [0.15, 0.2) is 54.6 Å². The van der Waals surface area contributed by atoms with Crippen LogP contribution in [0.3, 0.4) is 0 Å². The minimum Gasteiger partial charge on any atom is -0.506 e. The van der Waals surface area contributed by atoms with Crippen LogP contribution in [0.2, 0.25) is 5.02 Å². The van der Waals surface area contributed by atoms with Crippen molar-refractivity contribution in [3.05, 3.63) is 70.7 Å². The molecule has 0 aromatic heterocycles. The van der Waals surface area contributed by atoms with Crippen LogP contribution in [0.1, 0.15) is 22.3 Å². The molecule has 1 aliphatic rings. The molecule has 1 unspecified atom stereocenters. The Bertz CT molecular complexity index is 1230. The Kier molecular flexibility index (Phi) is 8.68. The second-order valence-corrected chi connectivity index (χ2v) is 8.78. The number of halogens is 1. The predicted molar refractivity (Wildman–Crippen MR) is 138 cm³/mol. The third-order valence-corrected chi connectivity index (χ3v) is 6.27. The summed E-state index contributed by atoms with van der Waals surface area (Å²) in [6.45, 7) is 1.97. The van der Waals surface area contributed by atoms with Crippen LogP contribution in [0.25, 0.3) is 10.8 Å². The average molecular weight is 497 g/mol. The first-order chi connectivity index (χ1) is 16.7. The van der Waals surface area contributed by atoms with Crippen molar-refractivity contribution in [2.75, 3.05) is 33.8 Å². The number of amides is 2. The van der Waals surface area contributed by atoms with Crippen molar-refractivity contribution < 1.29 is 19.4 Å². The number of hydrogen-bond donors (Lipinski definition) is 3. The summed E-state index contributed by atoms with van der Waals surface area (Å²) in [6.07, 6.45) is 2.34. The number of carbonyl (C=O) groups is 2. The van der Waals surface area contributed by atoms with E-state index in [1.807, 2.05) is 43.4 Å². The van der Waals surface area contributed by atoms with Crippen LogP contribution in [0.5, 0.6) is 11.5 Å². The van der Waals surface area contributed by atoms with Crippen LogP contribution in [0, 0.1) is 5.41 Å². The molecule has 3 aromatic rings. The van der Waals surface area contributed by atoms with E-state index in [1.165, 1.54) is 24.4 Å². The second-order valence-electron chi connectivity index (χ2n) is 8.37. The number of nitrogens with zero attached hydrogens (tertiary/aromatic N) is 2. The van der Waals surface area contributed by atoms with Crippen molar-refractivity contribution in [2.45, 2.75) is 12.5 Å². The molecule has 3 aromatic carbocycles. The number of likely N-dealkylation sites (N-methyl/N-ethyl adjacent to an activating group) is 2. The smallest absolute Gasteiger partial charge is 0.260 e. The fraction of sp³-hybridized carbons (Fsp3) is 0.269. The Morgan fingerprint density at radius 1 is 1.23 bits per heavy atom. The molecule has 1 atom stereocenters. The number of fused-ring (bicyclic) bond motifs is 1. The van der Waals surface area contributed by atoms with Gasteiger partial charge in [0.25, 0.3) is 5.91 Å². The topological polar surface area (TPSA) is 120 Å². The zero-order valence-corrected chi connectivity index (χ0v) is 20.5. The maximum atomic E-state index is 12.4. The zero-order valence-electron chi connectivity index (χ0n) is 19.7. The van der Waals surface area contributed by atoms with Crippen molar-refractivity contribution in [2.24, 2.45) is 5.73 Å². The van der Waals surface area contributed by atoms with Gasteiger partial charge in [0.2, 0.25) is 5.91 Å². The fourth-order valence-corrected chi connectivity index (χ4v) is 4.06. The molecule has 8 nitrogen and oxygen atoms in total. The van der Waals surface area contributed by atoms with Crippen LogP contribution in [-0.4, -0.2) is 72.8 Å². The van der Waals surface area contributed by atoms with E-state index < -0.39 is 5.91 Å². The Hall–Kier alpha value is -3.62. The molecule has 35 heavy (non-hydrogen) atoms. The Labute approximate surface area is 209 Å². The van der Waals surface area contributed by atoms with Gasteiger partial charge in [-0.2, -0.15) is 0 Å². The summed E-state index contributed by atoms with van der Waals surface area (Å²) in [6, 6.07) is 15.8. The van der Waals surface area contributed by atoms with E-state index in [0.29, 0.717) is 5.75 Å². The standard InChI is InChI=1S/C19H23N3O2.C7H6ClNO2/c1-21-10-9-15(12-21)22(2)19(23)13-24-18-8-7-14(11-20)16-5-3-4-6-17(16)18;8-5-3-4(7(9)11)1-2-6(5)10/h3-8,11,15,20H,9-10,12-13H2,1-2H3;1-3,10H,(H2,9,11). The van der Waals surface area contributed by atoms with Crippen molar-refractivity contribution in [1.29, 1.82) is 5.41 Å². The van der Waals surface area contributed by atoms with E-state index in [2.05, 4.69) is 11.9 Å². The molecular weight excluding hydrogens is 468 g/mol. The molecule has 0 bridgehead atoms. The molecule has 1 saturated heterocycles. The number of aromatic hydroxyl groups is 1. The molecular formula is C26H29ClN4O4. The summed E-state index contributed by atoms with van der Waals surface area (Å²) >= 11 is 5.50. The van der Waals surface area contributed by atoms with Crippen LogP contribution in [0.4, 0.5) is 0 Å². The maximum absolute atomic E-state index is 12.4. The average Bonchev–Trinajstić information content (AvgIpc) is 3.30. The molecule has 1 aliphatic heterocycles. The Morgan fingerprint density at radius 3 is 2.54 bits per heavy atom. The summed E-state index contributed by atoms with van der Waals surface area (Å²) in [5, 5.41) is 18.5. The highest BCUT2D eigenvalue weighted by Gasteiger charge is 2.26. The van der Waals surface area contributed by atoms with Gasteiger partial charge in [-0.15, -0.1) is 0 Å². The molecule has 0 radical (unpaired) electrons. The summed E-state index contributed by atoms with van der Waals surface area (Å²) in [4.78, 5) is 27.0. The van der Waals surface area contributed by atoms with Crippen LogP contribution < -0.4 is 10.5 Å². The van der Waals surface area contributed by atoms with Crippen molar-refractivity contribution in [1.82, 2.24) is 9.80 Å². The number of phenols is 1. The van der Waals surface area contributed by atoms with E-state index in [-0.39, 0.29) is 34.9 Å². The third-order valence-electron chi connectivity index (χ3n) is 5.96. The second kappa shape index (κ2) is 11.7. The predicted octanol–water partition coefficient (Wildman–Crippen LogP) is 3.52. The fourth-order valence-electron chi connectivity index (χ4n) is 3.88. The zero-order chi connectivity index (χ0) is 25.5. The van der Waals surface area contributed by atoms with Gasteiger partial charge >= 0.3 is 0 Å². The van der Waals surface area contributed by atoms with Crippen molar-refractivity contribution >= 4 is 40.4 Å². The first kappa shape index (κ1) is 26.0. The van der Waals surface area contributed by atoms with Crippen LogP contribution >= 0.6 is 11.6 Å². The third kappa shape index (κ3) is 6.49. The molecule has 1 fully saturated rings. The number of rotatable bonds is 6. The summed E-state index contributed by atoms with van der Waals surface area (Å²) in [7, 11) is 3.93. The number of phenolic OH excluding ortho intramolecular Hbond substituents is 1. The van der Waals surface area contributed by atoms with Gasteiger partial charge in [-0.1, -0.05) is 35.9 Å². The van der Waals surface area contributed by atoms with Gasteiger partial charge in [0.1, 0.15) is 11.5 Å². The monoisotopic (exact) mass is 496 g/mol. The SMILES string of the molecule is CN1CCC(N(C)C(=O)COc2ccc(C=N)c3ccccc23)C1.NC(=O)c1ccc(O)c(Cl)c1. The summed E-state index contributed by atoms with van der Waals surface area (Å²) in [5.41, 5.74) is 6.08. The minimum absolute atomic E-state index is 0.00416. The molecule has 0 spiro atoms. The van der Waals surface area contributed by atoms with Gasteiger partial charge in [0.05, 0.1) is 5.02 Å². The first-order valence-corrected chi connectivity index (χ1v) is 11.5. The number of ether oxygens (including phenoxy) is 1. The summed E-state index contributed by atoms with van der Waals surface area (Å²) < 4.78 is 5.81. The van der Waals surface area contributed by atoms with Gasteiger partial charge in [-0.25, -0.2) is 0 Å². The Balaban J connectivity index is 0.000000261. The normalized spacial score (nSPS) is 15.2. The number of hydrogen-bond acceptors (Lipinski definition) is 6. The highest BCUT2D eigenvalue weighted by molar-refractivity contribution is 6.32. The number of primary amides is 1. The lowest BCUT2D eigenvalue weighted by Gasteiger charge is -2.24. The van der Waals surface area contributed by atoms with E-state index in [4.69, 9.17) is 32.6 Å². The van der Waals surface area contributed by atoms with Gasteiger partial charge in [-0.05, 0) is 55.7 Å². The van der Waals surface area contributed by atoms with Gasteiger partial charge < -0.3 is 30.8 Å². The molecule has 4 N–H and O–H groups in total. The first-order valence-electron chi connectivity index (χ1n) is 11.1. The van der Waals surface area contributed by atoms with E-state index in [1.54, 1.807) is 4.90 Å². The Morgan fingerprint density at radius 2 is 1.94 bits per heavy atom. The quantitative estimate of drug-likeness (QED) is 0.451. The molecule has 184 valence electrons. The van der Waals surface area contributed by atoms with E-state index >= 15 is 0 Å². The molecule has 9 heteroatoms. The van der Waals surface area contributed by atoms with E-state index in [9.17, 15) is 9.59 Å². The van der Waals surface area contributed by atoms with Gasteiger partial charge in [0.15, 0.2) is 6.61 Å². The van der Waals surface area contributed by atoms with Crippen molar-refractivity contribution in [3.8, 4) is 11.5 Å². The molecule has 4 rings (SSSR count). The van der Waals surface area contributed by atoms with Crippen molar-refractivity contribution in [3.63, 3.8) is 0 Å². The lowest BCUT2D eigenvalue weighted by atomic mass is 10.0. The molecule has 1 heterocycles. The highest BCUT2D eigenvalue weighted by atomic mass is 35.5. The molecule has 0 saturated carbocycles. The van der Waals surface area contributed by atoms with Crippen LogP contribution in [-0.2, 0) is 4.79 Å². The summed E-state index contributed by atoms with van der Waals surface area (Å²) in [5.74, 6) is 0.0561. The van der Waals surface area contributed by atoms with Gasteiger partial charge in [0, 0.05) is 42.4 Å². The van der Waals surface area contributed by atoms with Gasteiger partial charge in [-0.3, -0.25) is 9.59 Å². The molecule has 2 amide bonds. The number of benzene rings is 3. The van der Waals surface area contributed by atoms with E-state index in [0.717, 1.165) is 35.8 Å². The minimum atomic E-state index is -0.563. The number of carbonyl (C=O) groups excluding carboxylic acids is 2.